The number of nitrogens with one attached hydrogen (secondary N) is 1. The van der Waals surface area contributed by atoms with Crippen LogP contribution < -0.4 is 5.32 Å². The molecule has 96 valence electrons. The van der Waals surface area contributed by atoms with Crippen LogP contribution in [0.1, 0.15) is 29.6 Å². The molecule has 2 heterocycles. The minimum Gasteiger partial charge on any atom is -0.348 e. The minimum atomic E-state index is -0.702. The summed E-state index contributed by atoms with van der Waals surface area (Å²) < 4.78 is 13.3. The number of amides is 1. The lowest BCUT2D eigenvalue weighted by atomic mass is 10.2. The average Bonchev–Trinajstić information content (AvgIpc) is 3.11. The monoisotopic (exact) mass is 249 g/mol. The second-order valence-electron chi connectivity index (χ2n) is 5.03. The smallest absolute Gasteiger partial charge is 0.256 e. The van der Waals surface area contributed by atoms with Gasteiger partial charge in [0.25, 0.3) is 5.91 Å². The minimum absolute atomic E-state index is 0.0300. The first-order valence-electron chi connectivity index (χ1n) is 6.39. The Morgan fingerprint density at radius 2 is 2.28 bits per heavy atom. The van der Waals surface area contributed by atoms with Crippen molar-refractivity contribution in [2.45, 2.75) is 31.3 Å². The predicted molar refractivity (Wildman–Crippen MR) is 64.7 cm³/mol. The number of halogens is 1. The maximum absolute atomic E-state index is 13.3. The van der Waals surface area contributed by atoms with Crippen LogP contribution in [0, 0.1) is 5.95 Å². The third-order valence-electron chi connectivity index (χ3n) is 3.62. The number of hydrogen-bond acceptors (Lipinski definition) is 3. The molecule has 1 unspecified atom stereocenters. The van der Waals surface area contributed by atoms with E-state index in [4.69, 9.17) is 0 Å². The zero-order valence-electron chi connectivity index (χ0n) is 10.1. The number of pyridine rings is 1. The number of rotatable bonds is 3. The lowest BCUT2D eigenvalue weighted by Crippen LogP contribution is -2.37. The van der Waals surface area contributed by atoms with Gasteiger partial charge in [0.2, 0.25) is 5.95 Å². The highest BCUT2D eigenvalue weighted by Gasteiger charge is 2.34. The SMILES string of the molecule is O=C(NC1CCN(C2CC2)C1)c1cccnc1F. The van der Waals surface area contributed by atoms with E-state index < -0.39 is 5.95 Å². The lowest BCUT2D eigenvalue weighted by Gasteiger charge is -2.15. The van der Waals surface area contributed by atoms with Crippen molar-refractivity contribution in [2.24, 2.45) is 0 Å². The van der Waals surface area contributed by atoms with Crippen molar-refractivity contribution in [3.63, 3.8) is 0 Å². The standard InChI is InChI=1S/C13H16FN3O/c14-12-11(2-1-6-15-12)13(18)16-9-5-7-17(8-9)10-3-4-10/h1-2,6,9-10H,3-5,7-8H2,(H,16,18). The highest BCUT2D eigenvalue weighted by molar-refractivity contribution is 5.94. The molecule has 18 heavy (non-hydrogen) atoms. The van der Waals surface area contributed by atoms with E-state index in [0.29, 0.717) is 0 Å². The second-order valence-corrected chi connectivity index (χ2v) is 5.03. The van der Waals surface area contributed by atoms with Crippen LogP contribution in [0.2, 0.25) is 0 Å². The normalized spacial score (nSPS) is 24.2. The summed E-state index contributed by atoms with van der Waals surface area (Å²) in [6.07, 6.45) is 4.84. The van der Waals surface area contributed by atoms with Crippen LogP contribution in [0.15, 0.2) is 18.3 Å². The van der Waals surface area contributed by atoms with Crippen molar-refractivity contribution >= 4 is 5.91 Å². The van der Waals surface area contributed by atoms with Gasteiger partial charge >= 0.3 is 0 Å². The Hall–Kier alpha value is -1.49. The Labute approximate surface area is 105 Å². The molecular formula is C13H16FN3O. The Morgan fingerprint density at radius 1 is 1.44 bits per heavy atom. The molecule has 0 spiro atoms. The van der Waals surface area contributed by atoms with Crippen LogP contribution in [0.5, 0.6) is 0 Å². The van der Waals surface area contributed by atoms with E-state index in [0.717, 1.165) is 25.6 Å². The molecule has 2 fully saturated rings. The van der Waals surface area contributed by atoms with E-state index in [9.17, 15) is 9.18 Å². The number of aromatic nitrogens is 1. The van der Waals surface area contributed by atoms with E-state index in [2.05, 4.69) is 15.2 Å². The number of hydrogen-bond donors (Lipinski definition) is 1. The van der Waals surface area contributed by atoms with Crippen LogP contribution in [-0.4, -0.2) is 41.0 Å². The molecule has 0 bridgehead atoms. The van der Waals surface area contributed by atoms with Gasteiger partial charge < -0.3 is 5.32 Å². The van der Waals surface area contributed by atoms with Crippen LogP contribution in [0.4, 0.5) is 4.39 Å². The maximum Gasteiger partial charge on any atom is 0.256 e. The largest absolute Gasteiger partial charge is 0.348 e. The Morgan fingerprint density at radius 3 is 3.00 bits per heavy atom. The fraction of sp³-hybridized carbons (Fsp3) is 0.538. The summed E-state index contributed by atoms with van der Waals surface area (Å²) in [5.74, 6) is -1.06. The Bertz CT molecular complexity index is 461. The van der Waals surface area contributed by atoms with Gasteiger partial charge in [-0.05, 0) is 31.4 Å². The van der Waals surface area contributed by atoms with Crippen LogP contribution in [0.25, 0.3) is 0 Å². The van der Waals surface area contributed by atoms with Gasteiger partial charge in [0.1, 0.15) is 0 Å². The molecule has 1 amide bonds. The number of likely N-dealkylation sites (tertiary alicyclic amines) is 1. The van der Waals surface area contributed by atoms with Gasteiger partial charge in [-0.2, -0.15) is 4.39 Å². The molecule has 1 aromatic heterocycles. The molecule has 3 rings (SSSR count). The van der Waals surface area contributed by atoms with Crippen molar-refractivity contribution in [3.05, 3.63) is 29.8 Å². The summed E-state index contributed by atoms with van der Waals surface area (Å²) in [7, 11) is 0. The maximum atomic E-state index is 13.3. The zero-order chi connectivity index (χ0) is 12.5. The van der Waals surface area contributed by atoms with Gasteiger partial charge in [-0.15, -0.1) is 0 Å². The van der Waals surface area contributed by atoms with E-state index in [1.807, 2.05) is 0 Å². The first kappa shape index (κ1) is 11.6. The summed E-state index contributed by atoms with van der Waals surface area (Å²) in [5.41, 5.74) is 0.0300. The molecule has 2 aliphatic rings. The quantitative estimate of drug-likeness (QED) is 0.818. The first-order valence-corrected chi connectivity index (χ1v) is 6.39. The average molecular weight is 249 g/mol. The lowest BCUT2D eigenvalue weighted by molar-refractivity contribution is 0.0932. The van der Waals surface area contributed by atoms with Gasteiger partial charge in [0.05, 0.1) is 5.56 Å². The topological polar surface area (TPSA) is 45.2 Å². The van der Waals surface area contributed by atoms with E-state index in [1.165, 1.54) is 25.1 Å². The molecular weight excluding hydrogens is 233 g/mol. The van der Waals surface area contributed by atoms with Gasteiger partial charge in [0.15, 0.2) is 0 Å². The molecule has 5 heteroatoms. The fourth-order valence-electron chi connectivity index (χ4n) is 2.50. The van der Waals surface area contributed by atoms with Gasteiger partial charge in [0, 0.05) is 31.4 Å². The van der Waals surface area contributed by atoms with Crippen LogP contribution >= 0.6 is 0 Å². The molecule has 1 N–H and O–H groups in total. The molecule has 1 aliphatic carbocycles. The van der Waals surface area contributed by atoms with Gasteiger partial charge in [-0.3, -0.25) is 9.69 Å². The number of carbonyl (C=O) groups is 1. The number of carbonyl (C=O) groups excluding carboxylic acids is 1. The summed E-state index contributed by atoms with van der Waals surface area (Å²) in [4.78, 5) is 17.8. The summed E-state index contributed by atoms with van der Waals surface area (Å²) in [6.45, 7) is 1.92. The van der Waals surface area contributed by atoms with Crippen molar-refractivity contribution in [1.29, 1.82) is 0 Å². The fourth-order valence-corrected chi connectivity index (χ4v) is 2.50. The Balaban J connectivity index is 1.60. The van der Waals surface area contributed by atoms with Gasteiger partial charge in [-0.25, -0.2) is 4.98 Å². The van der Waals surface area contributed by atoms with Crippen molar-refractivity contribution in [2.75, 3.05) is 13.1 Å². The summed E-state index contributed by atoms with van der Waals surface area (Å²) >= 11 is 0. The van der Waals surface area contributed by atoms with Gasteiger partial charge in [-0.1, -0.05) is 0 Å². The van der Waals surface area contributed by atoms with E-state index >= 15 is 0 Å². The third-order valence-corrected chi connectivity index (χ3v) is 3.62. The molecule has 0 aromatic carbocycles. The highest BCUT2D eigenvalue weighted by Crippen LogP contribution is 2.29. The molecule has 1 saturated heterocycles. The van der Waals surface area contributed by atoms with Crippen LogP contribution in [0.3, 0.4) is 0 Å². The number of nitrogens with zero attached hydrogens (tertiary/aromatic N) is 2. The molecule has 4 nitrogen and oxygen atoms in total. The Kier molecular flexibility index (Phi) is 2.99. The van der Waals surface area contributed by atoms with E-state index in [1.54, 1.807) is 6.07 Å². The zero-order valence-corrected chi connectivity index (χ0v) is 10.1. The van der Waals surface area contributed by atoms with E-state index in [-0.39, 0.29) is 17.5 Å². The third kappa shape index (κ3) is 2.36. The van der Waals surface area contributed by atoms with Crippen LogP contribution in [-0.2, 0) is 0 Å². The van der Waals surface area contributed by atoms with Crippen molar-refractivity contribution in [1.82, 2.24) is 15.2 Å². The molecule has 1 aromatic rings. The van der Waals surface area contributed by atoms with Crippen molar-refractivity contribution in [3.8, 4) is 0 Å². The summed E-state index contributed by atoms with van der Waals surface area (Å²) in [6, 6.07) is 3.90. The summed E-state index contributed by atoms with van der Waals surface area (Å²) in [5, 5.41) is 2.89. The second kappa shape index (κ2) is 4.65. The highest BCUT2D eigenvalue weighted by atomic mass is 19.1. The molecule has 1 atom stereocenters. The molecule has 0 radical (unpaired) electrons. The van der Waals surface area contributed by atoms with Crippen molar-refractivity contribution < 1.29 is 9.18 Å². The first-order chi connectivity index (χ1) is 8.74. The molecule has 1 saturated carbocycles. The predicted octanol–water partition coefficient (Wildman–Crippen LogP) is 1.19. The molecule has 1 aliphatic heterocycles.